The minimum Gasteiger partial charge on any atom is -0.464 e. The molecular weight excluding hydrogens is 250 g/mol. The molecule has 0 spiro atoms. The lowest BCUT2D eigenvalue weighted by atomic mass is 10.2. The van der Waals surface area contributed by atoms with Crippen LogP contribution in [0.25, 0.3) is 0 Å². The molecule has 104 valence electrons. The van der Waals surface area contributed by atoms with Crippen molar-refractivity contribution in [2.75, 3.05) is 13.7 Å². The average Bonchev–Trinajstić information content (AvgIpc) is 3.11. The number of amides is 1. The van der Waals surface area contributed by atoms with Gasteiger partial charge >= 0.3 is 5.97 Å². The van der Waals surface area contributed by atoms with Crippen molar-refractivity contribution in [3.8, 4) is 0 Å². The predicted octanol–water partition coefficient (Wildman–Crippen LogP) is -1.16. The minimum atomic E-state index is -0.572. The lowest BCUT2D eigenvalue weighted by Gasteiger charge is -2.07. The van der Waals surface area contributed by atoms with Crippen molar-refractivity contribution in [1.29, 1.82) is 0 Å². The Balaban J connectivity index is 2.11. The molecule has 0 unspecified atom stereocenters. The lowest BCUT2D eigenvalue weighted by molar-refractivity contribution is -0.122. The molecular formula is C11H17N5O3. The number of nitrogens with one attached hydrogen (secondary N) is 1. The molecule has 0 aliphatic heterocycles. The fourth-order valence-corrected chi connectivity index (χ4v) is 1.74. The summed E-state index contributed by atoms with van der Waals surface area (Å²) in [6.07, 6.45) is 2.45. The molecule has 1 fully saturated rings. The normalized spacial score (nSPS) is 14.2. The van der Waals surface area contributed by atoms with Gasteiger partial charge in [-0.05, 0) is 19.4 Å². The SMILES string of the molecule is COC(=O)c1nnn(CC(=O)NC2CC2)c1CCN. The van der Waals surface area contributed by atoms with Crippen LogP contribution in [0.15, 0.2) is 0 Å². The highest BCUT2D eigenvalue weighted by Crippen LogP contribution is 2.18. The summed E-state index contributed by atoms with van der Waals surface area (Å²) in [4.78, 5) is 23.2. The van der Waals surface area contributed by atoms with Gasteiger partial charge in [0.2, 0.25) is 5.91 Å². The number of aromatic nitrogens is 3. The molecule has 1 aromatic heterocycles. The van der Waals surface area contributed by atoms with Gasteiger partial charge in [-0.25, -0.2) is 9.48 Å². The number of esters is 1. The molecule has 8 nitrogen and oxygen atoms in total. The first-order valence-corrected chi connectivity index (χ1v) is 6.15. The summed E-state index contributed by atoms with van der Waals surface area (Å²) in [7, 11) is 1.27. The summed E-state index contributed by atoms with van der Waals surface area (Å²) in [6, 6.07) is 0.286. The maximum atomic E-state index is 11.7. The zero-order chi connectivity index (χ0) is 13.8. The molecule has 1 aliphatic rings. The Hall–Kier alpha value is -1.96. The van der Waals surface area contributed by atoms with E-state index in [1.54, 1.807) is 0 Å². The first kappa shape index (κ1) is 13.5. The Morgan fingerprint density at radius 3 is 2.84 bits per heavy atom. The van der Waals surface area contributed by atoms with Crippen LogP contribution < -0.4 is 11.1 Å². The van der Waals surface area contributed by atoms with Crippen molar-refractivity contribution in [3.05, 3.63) is 11.4 Å². The molecule has 0 radical (unpaired) electrons. The molecule has 1 aromatic rings. The van der Waals surface area contributed by atoms with Crippen molar-refractivity contribution >= 4 is 11.9 Å². The first-order chi connectivity index (χ1) is 9.15. The third-order valence-electron chi connectivity index (χ3n) is 2.83. The summed E-state index contributed by atoms with van der Waals surface area (Å²) in [6.45, 7) is 0.372. The number of carbonyl (C=O) groups is 2. The fourth-order valence-electron chi connectivity index (χ4n) is 1.74. The second-order valence-electron chi connectivity index (χ2n) is 4.41. The predicted molar refractivity (Wildman–Crippen MR) is 65.3 cm³/mol. The van der Waals surface area contributed by atoms with Gasteiger partial charge in [-0.1, -0.05) is 5.21 Å². The van der Waals surface area contributed by atoms with Crippen LogP contribution in [0.5, 0.6) is 0 Å². The number of nitrogens with zero attached hydrogens (tertiary/aromatic N) is 3. The first-order valence-electron chi connectivity index (χ1n) is 6.15. The molecule has 0 aromatic carbocycles. The Kier molecular flexibility index (Phi) is 4.10. The van der Waals surface area contributed by atoms with E-state index < -0.39 is 5.97 Å². The summed E-state index contributed by atoms with van der Waals surface area (Å²) >= 11 is 0. The number of carbonyl (C=O) groups excluding carboxylic acids is 2. The molecule has 1 heterocycles. The van der Waals surface area contributed by atoms with Gasteiger partial charge in [0.1, 0.15) is 6.54 Å². The Bertz CT molecular complexity index is 481. The van der Waals surface area contributed by atoms with Gasteiger partial charge in [0.15, 0.2) is 5.69 Å². The van der Waals surface area contributed by atoms with Gasteiger partial charge < -0.3 is 15.8 Å². The monoisotopic (exact) mass is 267 g/mol. The highest BCUT2D eigenvalue weighted by molar-refractivity contribution is 5.88. The summed E-state index contributed by atoms with van der Waals surface area (Å²) < 4.78 is 6.02. The highest BCUT2D eigenvalue weighted by Gasteiger charge is 2.25. The van der Waals surface area contributed by atoms with Crippen molar-refractivity contribution in [2.24, 2.45) is 5.73 Å². The van der Waals surface area contributed by atoms with Crippen LogP contribution >= 0.6 is 0 Å². The smallest absolute Gasteiger partial charge is 0.360 e. The number of methoxy groups -OCH3 is 1. The number of hydrogen-bond acceptors (Lipinski definition) is 6. The molecule has 1 aliphatic carbocycles. The van der Waals surface area contributed by atoms with Crippen LogP contribution in [0.4, 0.5) is 0 Å². The number of hydrogen-bond donors (Lipinski definition) is 2. The molecule has 0 atom stereocenters. The third-order valence-corrected chi connectivity index (χ3v) is 2.83. The van der Waals surface area contributed by atoms with Gasteiger partial charge in [0.05, 0.1) is 12.8 Å². The number of ether oxygens (including phenoxy) is 1. The van der Waals surface area contributed by atoms with Crippen molar-refractivity contribution in [2.45, 2.75) is 31.8 Å². The van der Waals surface area contributed by atoms with Crippen LogP contribution in [-0.4, -0.2) is 46.6 Å². The van der Waals surface area contributed by atoms with Crippen LogP contribution in [-0.2, 0) is 22.5 Å². The zero-order valence-electron chi connectivity index (χ0n) is 10.8. The van der Waals surface area contributed by atoms with E-state index in [1.165, 1.54) is 11.8 Å². The standard InChI is InChI=1S/C11H17N5O3/c1-19-11(18)10-8(4-5-12)16(15-14-10)6-9(17)13-7-2-3-7/h7H,2-6,12H2,1H3,(H,13,17). The van der Waals surface area contributed by atoms with Gasteiger partial charge in [-0.2, -0.15) is 0 Å². The largest absolute Gasteiger partial charge is 0.464 e. The second kappa shape index (κ2) is 5.79. The van der Waals surface area contributed by atoms with Gasteiger partial charge in [0, 0.05) is 12.5 Å². The minimum absolute atomic E-state index is 0.0375. The topological polar surface area (TPSA) is 112 Å². The van der Waals surface area contributed by atoms with Crippen LogP contribution in [0.3, 0.4) is 0 Å². The quantitative estimate of drug-likeness (QED) is 0.629. The second-order valence-corrected chi connectivity index (χ2v) is 4.41. The molecule has 1 saturated carbocycles. The summed E-state index contributed by atoms with van der Waals surface area (Å²) in [5.41, 5.74) is 6.14. The van der Waals surface area contributed by atoms with Gasteiger partial charge in [-0.15, -0.1) is 5.10 Å². The van der Waals surface area contributed by atoms with E-state index in [9.17, 15) is 9.59 Å². The summed E-state index contributed by atoms with van der Waals surface area (Å²) in [5, 5.41) is 10.4. The maximum absolute atomic E-state index is 11.7. The average molecular weight is 267 g/mol. The molecule has 0 bridgehead atoms. The van der Waals surface area contributed by atoms with E-state index in [2.05, 4.69) is 20.4 Å². The molecule has 0 saturated heterocycles. The van der Waals surface area contributed by atoms with Crippen LogP contribution in [0.2, 0.25) is 0 Å². The van der Waals surface area contributed by atoms with E-state index in [4.69, 9.17) is 5.73 Å². The van der Waals surface area contributed by atoms with Crippen LogP contribution in [0, 0.1) is 0 Å². The number of nitrogens with two attached hydrogens (primary N) is 1. The van der Waals surface area contributed by atoms with Gasteiger partial charge in [-0.3, -0.25) is 4.79 Å². The number of rotatable bonds is 6. The zero-order valence-corrected chi connectivity index (χ0v) is 10.8. The lowest BCUT2D eigenvalue weighted by Crippen LogP contribution is -2.30. The highest BCUT2D eigenvalue weighted by atomic mass is 16.5. The van der Waals surface area contributed by atoms with E-state index in [0.29, 0.717) is 18.7 Å². The molecule has 8 heteroatoms. The molecule has 1 amide bonds. The van der Waals surface area contributed by atoms with Crippen molar-refractivity contribution in [1.82, 2.24) is 20.3 Å². The third kappa shape index (κ3) is 3.28. The fraction of sp³-hybridized carbons (Fsp3) is 0.636. The van der Waals surface area contributed by atoms with Crippen LogP contribution in [0.1, 0.15) is 29.0 Å². The van der Waals surface area contributed by atoms with Gasteiger partial charge in [0.25, 0.3) is 0 Å². The Morgan fingerprint density at radius 2 is 2.26 bits per heavy atom. The maximum Gasteiger partial charge on any atom is 0.360 e. The van der Waals surface area contributed by atoms with E-state index in [1.807, 2.05) is 0 Å². The van der Waals surface area contributed by atoms with Crippen molar-refractivity contribution in [3.63, 3.8) is 0 Å². The van der Waals surface area contributed by atoms with E-state index >= 15 is 0 Å². The Labute approximate surface area is 110 Å². The van der Waals surface area contributed by atoms with Crippen molar-refractivity contribution < 1.29 is 14.3 Å². The molecule has 3 N–H and O–H groups in total. The molecule has 2 rings (SSSR count). The van der Waals surface area contributed by atoms with E-state index in [-0.39, 0.29) is 24.2 Å². The van der Waals surface area contributed by atoms with E-state index in [0.717, 1.165) is 12.8 Å². The summed E-state index contributed by atoms with van der Waals surface area (Å²) in [5.74, 6) is -0.709. The Morgan fingerprint density at radius 1 is 1.53 bits per heavy atom. The molecule has 19 heavy (non-hydrogen) atoms.